The lowest BCUT2D eigenvalue weighted by atomic mass is 9.80. The Morgan fingerprint density at radius 1 is 1.06 bits per heavy atom. The van der Waals surface area contributed by atoms with Gasteiger partial charge in [-0.05, 0) is 39.9 Å². The molecule has 0 aromatic carbocycles. The van der Waals surface area contributed by atoms with Crippen LogP contribution in [-0.2, 0) is 0 Å². The van der Waals surface area contributed by atoms with Gasteiger partial charge in [0.05, 0.1) is 0 Å². The van der Waals surface area contributed by atoms with Crippen molar-refractivity contribution in [2.75, 3.05) is 40.8 Å². The van der Waals surface area contributed by atoms with E-state index >= 15 is 0 Å². The van der Waals surface area contributed by atoms with Crippen LogP contribution in [0.2, 0.25) is 0 Å². The topological polar surface area (TPSA) is 18.5 Å². The van der Waals surface area contributed by atoms with Crippen LogP contribution in [0.15, 0.2) is 0 Å². The summed E-state index contributed by atoms with van der Waals surface area (Å²) in [5.74, 6) is 0.896. The van der Waals surface area contributed by atoms with Gasteiger partial charge in [0.2, 0.25) is 0 Å². The lowest BCUT2D eigenvalue weighted by Crippen LogP contribution is -2.60. The molecule has 2 aliphatic rings. The smallest absolute Gasteiger partial charge is 0.0376 e. The summed E-state index contributed by atoms with van der Waals surface area (Å²) in [7, 11) is 6.71. The normalized spacial score (nSPS) is 31.6. The predicted octanol–water partition coefficient (Wildman–Crippen LogP) is 1.40. The van der Waals surface area contributed by atoms with Gasteiger partial charge in [0.25, 0.3) is 0 Å². The van der Waals surface area contributed by atoms with Crippen LogP contribution in [0.25, 0.3) is 0 Å². The van der Waals surface area contributed by atoms with E-state index in [1.54, 1.807) is 0 Å². The van der Waals surface area contributed by atoms with Gasteiger partial charge in [-0.25, -0.2) is 0 Å². The quantitative estimate of drug-likeness (QED) is 0.803. The number of nitrogens with zero attached hydrogens (tertiary/aromatic N) is 2. The molecule has 0 bridgehead atoms. The molecule has 2 fully saturated rings. The van der Waals surface area contributed by atoms with E-state index < -0.39 is 0 Å². The molecule has 1 N–H and O–H groups in total. The Morgan fingerprint density at radius 3 is 2.41 bits per heavy atom. The minimum Gasteiger partial charge on any atom is -0.315 e. The average Bonchev–Trinajstić information content (AvgIpc) is 2.36. The monoisotopic (exact) mass is 239 g/mol. The highest BCUT2D eigenvalue weighted by Crippen LogP contribution is 2.29. The van der Waals surface area contributed by atoms with Crippen LogP contribution in [0.3, 0.4) is 0 Å². The molecular weight excluding hydrogens is 210 g/mol. The lowest BCUT2D eigenvalue weighted by Gasteiger charge is -2.45. The summed E-state index contributed by atoms with van der Waals surface area (Å²) in [6.07, 6.45) is 7.19. The van der Waals surface area contributed by atoms with Gasteiger partial charge < -0.3 is 10.2 Å². The highest BCUT2D eigenvalue weighted by atomic mass is 15.3. The van der Waals surface area contributed by atoms with E-state index in [-0.39, 0.29) is 0 Å². The van der Waals surface area contributed by atoms with E-state index in [1.165, 1.54) is 51.7 Å². The van der Waals surface area contributed by atoms with Crippen LogP contribution in [0.1, 0.15) is 32.1 Å². The molecular formula is C14H29N3. The van der Waals surface area contributed by atoms with Crippen molar-refractivity contribution in [1.29, 1.82) is 0 Å². The average molecular weight is 239 g/mol. The predicted molar refractivity (Wildman–Crippen MR) is 73.3 cm³/mol. The fourth-order valence-electron chi connectivity index (χ4n) is 3.67. The number of hydrogen-bond donors (Lipinski definition) is 1. The summed E-state index contributed by atoms with van der Waals surface area (Å²) >= 11 is 0. The summed E-state index contributed by atoms with van der Waals surface area (Å²) in [6, 6.07) is 1.38. The Hall–Kier alpha value is -0.120. The molecule has 1 aliphatic carbocycles. The van der Waals surface area contributed by atoms with Gasteiger partial charge in [0.15, 0.2) is 0 Å². The van der Waals surface area contributed by atoms with Crippen molar-refractivity contribution in [1.82, 2.24) is 15.1 Å². The van der Waals surface area contributed by atoms with E-state index in [9.17, 15) is 0 Å². The first-order chi connectivity index (χ1) is 8.22. The van der Waals surface area contributed by atoms with Crippen LogP contribution in [0, 0.1) is 5.92 Å². The molecule has 17 heavy (non-hydrogen) atoms. The second-order valence-corrected chi connectivity index (χ2v) is 6.02. The van der Waals surface area contributed by atoms with Gasteiger partial charge >= 0.3 is 0 Å². The number of rotatable bonds is 3. The van der Waals surface area contributed by atoms with Gasteiger partial charge in [0.1, 0.15) is 0 Å². The summed E-state index contributed by atoms with van der Waals surface area (Å²) in [5, 5.41) is 3.62. The molecule has 2 unspecified atom stereocenters. The SMILES string of the molecule is CNC(C1CCCCC1)C1CN(C)CCN1C. The van der Waals surface area contributed by atoms with Crippen molar-refractivity contribution < 1.29 is 0 Å². The molecule has 1 saturated carbocycles. The van der Waals surface area contributed by atoms with E-state index in [2.05, 4.69) is 36.3 Å². The Bertz CT molecular complexity index is 226. The molecule has 2 rings (SSSR count). The Balaban J connectivity index is 1.99. The van der Waals surface area contributed by atoms with E-state index in [4.69, 9.17) is 0 Å². The van der Waals surface area contributed by atoms with Gasteiger partial charge in [0, 0.05) is 31.7 Å². The minimum atomic E-state index is 0.683. The number of likely N-dealkylation sites (N-methyl/N-ethyl adjacent to an activating group) is 3. The summed E-state index contributed by atoms with van der Waals surface area (Å²) < 4.78 is 0. The molecule has 0 aromatic heterocycles. The first-order valence-electron chi connectivity index (χ1n) is 7.28. The van der Waals surface area contributed by atoms with Crippen molar-refractivity contribution in [3.05, 3.63) is 0 Å². The third-order valence-corrected chi connectivity index (χ3v) is 4.80. The standard InChI is InChI=1S/C14H29N3/c1-15-14(12-7-5-4-6-8-12)13-11-16(2)9-10-17(13)3/h12-15H,4-11H2,1-3H3. The molecule has 0 aromatic rings. The van der Waals surface area contributed by atoms with Crippen LogP contribution in [0.5, 0.6) is 0 Å². The number of hydrogen-bond acceptors (Lipinski definition) is 3. The van der Waals surface area contributed by atoms with Gasteiger partial charge in [-0.3, -0.25) is 4.90 Å². The zero-order valence-electron chi connectivity index (χ0n) is 11.8. The fourth-order valence-corrected chi connectivity index (χ4v) is 3.67. The van der Waals surface area contributed by atoms with Crippen LogP contribution in [0.4, 0.5) is 0 Å². The van der Waals surface area contributed by atoms with Crippen molar-refractivity contribution >= 4 is 0 Å². The molecule has 0 spiro atoms. The zero-order chi connectivity index (χ0) is 12.3. The highest BCUT2D eigenvalue weighted by Gasteiger charge is 2.34. The van der Waals surface area contributed by atoms with Crippen LogP contribution < -0.4 is 5.32 Å². The van der Waals surface area contributed by atoms with Crippen LogP contribution in [-0.4, -0.2) is 62.7 Å². The first kappa shape index (κ1) is 13.3. The maximum Gasteiger partial charge on any atom is 0.0376 e. The molecule has 0 amide bonds. The van der Waals surface area contributed by atoms with Crippen molar-refractivity contribution in [3.63, 3.8) is 0 Å². The summed E-state index contributed by atoms with van der Waals surface area (Å²) in [4.78, 5) is 5.05. The van der Waals surface area contributed by atoms with Gasteiger partial charge in [-0.1, -0.05) is 19.3 Å². The highest BCUT2D eigenvalue weighted by molar-refractivity contribution is 4.92. The molecule has 0 radical (unpaired) electrons. The summed E-state index contributed by atoms with van der Waals surface area (Å²) in [6.45, 7) is 3.65. The van der Waals surface area contributed by atoms with E-state index in [0.717, 1.165) is 5.92 Å². The largest absolute Gasteiger partial charge is 0.315 e. The van der Waals surface area contributed by atoms with Crippen molar-refractivity contribution in [3.8, 4) is 0 Å². The fraction of sp³-hybridized carbons (Fsp3) is 1.00. The maximum atomic E-state index is 3.62. The second-order valence-electron chi connectivity index (χ2n) is 6.02. The minimum absolute atomic E-state index is 0.683. The molecule has 1 heterocycles. The van der Waals surface area contributed by atoms with Gasteiger partial charge in [-0.15, -0.1) is 0 Å². The molecule has 3 nitrogen and oxygen atoms in total. The number of piperazine rings is 1. The van der Waals surface area contributed by atoms with E-state index in [0.29, 0.717) is 12.1 Å². The van der Waals surface area contributed by atoms with Crippen molar-refractivity contribution in [2.45, 2.75) is 44.2 Å². The Morgan fingerprint density at radius 2 is 1.76 bits per heavy atom. The number of nitrogens with one attached hydrogen (secondary N) is 1. The molecule has 1 saturated heterocycles. The van der Waals surface area contributed by atoms with Gasteiger partial charge in [-0.2, -0.15) is 0 Å². The maximum absolute atomic E-state index is 3.62. The molecule has 100 valence electrons. The van der Waals surface area contributed by atoms with E-state index in [1.807, 2.05) is 0 Å². The van der Waals surface area contributed by atoms with Crippen molar-refractivity contribution in [2.24, 2.45) is 5.92 Å². The molecule has 2 atom stereocenters. The molecule has 3 heteroatoms. The zero-order valence-corrected chi connectivity index (χ0v) is 11.8. The first-order valence-corrected chi connectivity index (χ1v) is 7.28. The van der Waals surface area contributed by atoms with Crippen LogP contribution >= 0.6 is 0 Å². The third-order valence-electron chi connectivity index (χ3n) is 4.80. The molecule has 1 aliphatic heterocycles. The lowest BCUT2D eigenvalue weighted by molar-refractivity contribution is 0.0647. The Labute approximate surface area is 107 Å². The second kappa shape index (κ2) is 6.17. The summed E-state index contributed by atoms with van der Waals surface area (Å²) in [5.41, 5.74) is 0. The Kier molecular flexibility index (Phi) is 4.83. The third kappa shape index (κ3) is 3.21.